The number of rotatable bonds is 12. The molecule has 0 bridgehead atoms. The van der Waals surface area contributed by atoms with Crippen LogP contribution in [-0.4, -0.2) is 18.3 Å². The third kappa shape index (κ3) is 7.39. The molecule has 13 aromatic rings. The van der Waals surface area contributed by atoms with Crippen molar-refractivity contribution < 1.29 is 0 Å². The smallest absolute Gasteiger partial charge is 0.0542 e. The molecule has 0 unspecified atom stereocenters. The van der Waals surface area contributed by atoms with Crippen LogP contribution in [-0.2, 0) is 0 Å². The lowest BCUT2D eigenvalue weighted by molar-refractivity contribution is 1.09. The molecule has 0 saturated heterocycles. The summed E-state index contributed by atoms with van der Waals surface area (Å²) >= 11 is 0. The summed E-state index contributed by atoms with van der Waals surface area (Å²) < 4.78 is 9.50. The summed E-state index contributed by atoms with van der Waals surface area (Å²) in [6.45, 7) is 17.0. The first-order valence-corrected chi connectivity index (χ1v) is 25.0. The van der Waals surface area contributed by atoms with Crippen molar-refractivity contribution in [1.29, 1.82) is 0 Å². The Balaban J connectivity index is 0.985. The summed E-state index contributed by atoms with van der Waals surface area (Å²) in [5, 5.41) is 7.18. The van der Waals surface area contributed by atoms with Crippen molar-refractivity contribution in [1.82, 2.24) is 18.3 Å². The summed E-state index contributed by atoms with van der Waals surface area (Å²) in [7, 11) is 0. The highest BCUT2D eigenvalue weighted by atomic mass is 15.0. The number of para-hydroxylation sites is 4. The predicted octanol–water partition coefficient (Wildman–Crippen LogP) is 18.5. The van der Waals surface area contributed by atoms with Gasteiger partial charge < -0.3 is 18.3 Å². The molecule has 74 heavy (non-hydrogen) atoms. The van der Waals surface area contributed by atoms with Gasteiger partial charge in [-0.15, -0.1) is 0 Å². The summed E-state index contributed by atoms with van der Waals surface area (Å²) in [6, 6.07) is 81.4. The van der Waals surface area contributed by atoms with Crippen molar-refractivity contribution >= 4 is 71.0 Å². The Hall–Kier alpha value is -9.90. The first kappa shape index (κ1) is 44.1. The second-order valence-corrected chi connectivity index (χ2v) is 18.9. The van der Waals surface area contributed by atoms with Gasteiger partial charge in [0.1, 0.15) is 0 Å². The summed E-state index contributed by atoms with van der Waals surface area (Å²) in [4.78, 5) is 0. The molecule has 0 aliphatic heterocycles. The van der Waals surface area contributed by atoms with E-state index in [0.717, 1.165) is 78.2 Å². The molecular weight excluding hydrogens is 897 g/mol. The van der Waals surface area contributed by atoms with Crippen molar-refractivity contribution in [3.05, 3.63) is 298 Å². The largest absolute Gasteiger partial charge is 0.309 e. The van der Waals surface area contributed by atoms with Gasteiger partial charge in [-0.3, -0.25) is 0 Å². The van der Waals surface area contributed by atoms with Gasteiger partial charge in [-0.25, -0.2) is 0 Å². The average molecular weight is 947 g/mol. The minimum Gasteiger partial charge on any atom is -0.309 e. The zero-order valence-electron chi connectivity index (χ0n) is 40.9. The molecule has 0 spiro atoms. The highest BCUT2D eigenvalue weighted by Crippen LogP contribution is 2.40. The highest BCUT2D eigenvalue weighted by molar-refractivity contribution is 6.10. The molecule has 4 heterocycles. The van der Waals surface area contributed by atoms with E-state index < -0.39 is 0 Å². The van der Waals surface area contributed by atoms with Gasteiger partial charge in [0, 0.05) is 55.1 Å². The molecule has 0 aliphatic carbocycles. The van der Waals surface area contributed by atoms with Crippen molar-refractivity contribution in [3.63, 3.8) is 0 Å². The summed E-state index contributed by atoms with van der Waals surface area (Å²) in [6.07, 6.45) is 9.57. The van der Waals surface area contributed by atoms with Crippen LogP contribution in [0.3, 0.4) is 0 Å². The normalized spacial score (nSPS) is 11.9. The Morgan fingerprint density at radius 2 is 0.716 bits per heavy atom. The molecule has 0 atom stereocenters. The average Bonchev–Trinajstić information content (AvgIpc) is 4.23. The number of hydrogen-bond acceptors (Lipinski definition) is 0. The molecule has 350 valence electrons. The first-order chi connectivity index (χ1) is 36.4. The fourth-order valence-corrected chi connectivity index (χ4v) is 11.0. The highest BCUT2D eigenvalue weighted by Gasteiger charge is 2.20. The van der Waals surface area contributed by atoms with Crippen LogP contribution in [0.15, 0.2) is 292 Å². The maximum atomic E-state index is 4.67. The van der Waals surface area contributed by atoms with Crippen LogP contribution in [0.5, 0.6) is 0 Å². The third-order valence-electron chi connectivity index (χ3n) is 14.6. The second kappa shape index (κ2) is 18.1. The van der Waals surface area contributed by atoms with E-state index in [1.165, 1.54) is 54.7 Å². The Labute approximate surface area is 430 Å². The van der Waals surface area contributed by atoms with Crippen molar-refractivity contribution in [2.45, 2.75) is 0 Å². The van der Waals surface area contributed by atoms with Gasteiger partial charge in [-0.2, -0.15) is 0 Å². The van der Waals surface area contributed by atoms with Crippen LogP contribution >= 0.6 is 0 Å². The lowest BCUT2D eigenvalue weighted by Gasteiger charge is -2.15. The molecule has 0 aliphatic rings. The molecular formula is C70H50N4. The van der Waals surface area contributed by atoms with Crippen molar-refractivity contribution in [3.8, 4) is 45.1 Å². The number of nitrogens with zero attached hydrogens (tertiary/aromatic N) is 4. The standard InChI is InChI=1S/C70H50N4/c1-5-6-18-47(2)48(3)29-30-49(4)67-43-53-45-70-54(46-69(53)73(67)57-39-35-55(36-40-57)71-63-25-14-10-21-59(63)60-22-11-15-26-64(60)71)44-68(52-33-31-51(32-34-52)50-19-8-7-9-20-50)74(70)58-41-37-56(38-42-58)72-65-27-16-12-23-61(65)62-24-13-17-28-66(62)72/h5-46H,1-4H2. The SMILES string of the molecule is C=CC=CC(=C)C(=C)C=CC(=C)c1cc2cc3c(cc(-c4ccc(-c5ccccc5)cc4)n3-c3ccc(-n4c5ccccc5c5ccccc54)cc3)cc2n1-c1ccc(-n2c3ccccc3c3ccccc32)cc1. The van der Waals surface area contributed by atoms with Crippen LogP contribution < -0.4 is 0 Å². The Bertz CT molecular complexity index is 4340. The van der Waals surface area contributed by atoms with E-state index >= 15 is 0 Å². The topological polar surface area (TPSA) is 19.7 Å². The summed E-state index contributed by atoms with van der Waals surface area (Å²) in [5.74, 6) is 0. The molecule has 0 N–H and O–H groups in total. The minimum atomic E-state index is 0.802. The molecule has 4 heteroatoms. The zero-order chi connectivity index (χ0) is 49.9. The maximum Gasteiger partial charge on any atom is 0.0542 e. The van der Waals surface area contributed by atoms with E-state index in [1.807, 2.05) is 24.3 Å². The number of aromatic nitrogens is 4. The minimum absolute atomic E-state index is 0.802. The molecule has 9 aromatic carbocycles. The van der Waals surface area contributed by atoms with E-state index in [9.17, 15) is 0 Å². The number of fused-ring (bicyclic) bond motifs is 8. The Morgan fingerprint density at radius 1 is 0.324 bits per heavy atom. The Morgan fingerprint density at radius 3 is 1.22 bits per heavy atom. The quantitative estimate of drug-likeness (QED) is 0.109. The molecule has 0 saturated carbocycles. The molecule has 0 amide bonds. The number of hydrogen-bond donors (Lipinski definition) is 0. The molecule has 13 rings (SSSR count). The third-order valence-corrected chi connectivity index (χ3v) is 14.6. The number of allylic oxidation sites excluding steroid dienone is 8. The molecule has 4 aromatic heterocycles. The number of benzene rings is 9. The molecule has 4 nitrogen and oxygen atoms in total. The van der Waals surface area contributed by atoms with Crippen LogP contribution in [0.25, 0.3) is 116 Å². The first-order valence-electron chi connectivity index (χ1n) is 25.0. The van der Waals surface area contributed by atoms with E-state index in [4.69, 9.17) is 0 Å². The van der Waals surface area contributed by atoms with Crippen LogP contribution in [0.2, 0.25) is 0 Å². The van der Waals surface area contributed by atoms with Gasteiger partial charge in [-0.05, 0) is 130 Å². The van der Waals surface area contributed by atoms with Gasteiger partial charge >= 0.3 is 0 Å². The second-order valence-electron chi connectivity index (χ2n) is 18.9. The van der Waals surface area contributed by atoms with Gasteiger partial charge in [0.05, 0.1) is 44.5 Å². The maximum absolute atomic E-state index is 4.67. The lowest BCUT2D eigenvalue weighted by atomic mass is 10.0. The van der Waals surface area contributed by atoms with E-state index in [1.54, 1.807) is 6.08 Å². The Kier molecular flexibility index (Phi) is 10.8. The van der Waals surface area contributed by atoms with Crippen molar-refractivity contribution in [2.75, 3.05) is 0 Å². The fraction of sp³-hybridized carbons (Fsp3) is 0. The van der Waals surface area contributed by atoms with Gasteiger partial charge in [-0.1, -0.05) is 184 Å². The molecule has 0 radical (unpaired) electrons. The van der Waals surface area contributed by atoms with E-state index in [-0.39, 0.29) is 0 Å². The van der Waals surface area contributed by atoms with E-state index in [0.29, 0.717) is 0 Å². The van der Waals surface area contributed by atoms with Gasteiger partial charge in [0.2, 0.25) is 0 Å². The predicted molar refractivity (Wildman–Crippen MR) is 315 cm³/mol. The molecule has 0 fully saturated rings. The van der Waals surface area contributed by atoms with Crippen LogP contribution in [0.1, 0.15) is 5.69 Å². The van der Waals surface area contributed by atoms with Gasteiger partial charge in [0.25, 0.3) is 0 Å². The summed E-state index contributed by atoms with van der Waals surface area (Å²) in [5.41, 5.74) is 19.3. The fourth-order valence-electron chi connectivity index (χ4n) is 11.0. The van der Waals surface area contributed by atoms with E-state index in [2.05, 4.69) is 269 Å². The van der Waals surface area contributed by atoms with Crippen molar-refractivity contribution in [2.24, 2.45) is 0 Å². The van der Waals surface area contributed by atoms with Crippen LogP contribution in [0.4, 0.5) is 0 Å². The van der Waals surface area contributed by atoms with Gasteiger partial charge in [0.15, 0.2) is 0 Å². The van der Waals surface area contributed by atoms with Crippen LogP contribution in [0, 0.1) is 0 Å². The zero-order valence-corrected chi connectivity index (χ0v) is 40.9. The monoisotopic (exact) mass is 946 g/mol. The lowest BCUT2D eigenvalue weighted by Crippen LogP contribution is -2.00.